The van der Waals surface area contributed by atoms with E-state index in [9.17, 15) is 4.79 Å². The van der Waals surface area contributed by atoms with E-state index in [-0.39, 0.29) is 0 Å². The van der Waals surface area contributed by atoms with Crippen molar-refractivity contribution in [2.45, 2.75) is 30.7 Å². The minimum Gasteiger partial charge on any atom is -0.479 e. The maximum atomic E-state index is 10.4. The molecule has 1 rings (SSSR count). The van der Waals surface area contributed by atoms with Gasteiger partial charge in [0.15, 0.2) is 12.4 Å². The lowest BCUT2D eigenvalue weighted by Gasteiger charge is -2.36. The molecule has 1 aliphatic rings. The molecule has 0 spiro atoms. The van der Waals surface area contributed by atoms with E-state index in [1.54, 1.807) is 0 Å². The maximum Gasteiger partial charge on any atom is 0.335 e. The fraction of sp³-hybridized carbons (Fsp3) is 0.833. The highest BCUT2D eigenvalue weighted by Crippen LogP contribution is 2.19. The van der Waals surface area contributed by atoms with E-state index in [1.165, 1.54) is 0 Å². The van der Waals surface area contributed by atoms with E-state index in [2.05, 4.69) is 4.74 Å². The van der Waals surface area contributed by atoms with Crippen molar-refractivity contribution in [3.05, 3.63) is 0 Å². The molecule has 13 heavy (non-hydrogen) atoms. The maximum absolute atomic E-state index is 10.4. The van der Waals surface area contributed by atoms with Gasteiger partial charge < -0.3 is 30.3 Å². The van der Waals surface area contributed by atoms with Crippen molar-refractivity contribution >= 4 is 5.97 Å². The summed E-state index contributed by atoms with van der Waals surface area (Å²) >= 11 is 0. The number of aliphatic hydroxyl groups excluding tert-OH is 4. The number of carbonyl (C=O) groups is 1. The van der Waals surface area contributed by atoms with Gasteiger partial charge in [-0.25, -0.2) is 4.79 Å². The lowest BCUT2D eigenvalue weighted by atomic mass is 9.99. The Bertz CT molecular complexity index is 205. The monoisotopic (exact) mass is 194 g/mol. The van der Waals surface area contributed by atoms with Crippen molar-refractivity contribution in [3.8, 4) is 0 Å². The Morgan fingerprint density at radius 1 is 1.00 bits per heavy atom. The van der Waals surface area contributed by atoms with E-state index in [0.717, 1.165) is 0 Å². The summed E-state index contributed by atoms with van der Waals surface area (Å²) in [4.78, 5) is 10.4. The average Bonchev–Trinajstić information content (AvgIpc) is 2.07. The second-order valence-electron chi connectivity index (χ2n) is 2.76. The van der Waals surface area contributed by atoms with Crippen LogP contribution in [-0.4, -0.2) is 62.2 Å². The first-order chi connectivity index (χ1) is 5.95. The number of rotatable bonds is 1. The molecule has 1 fully saturated rings. The minimum absolute atomic E-state index is 1.52. The third-order valence-electron chi connectivity index (χ3n) is 1.83. The second-order valence-corrected chi connectivity index (χ2v) is 2.76. The van der Waals surface area contributed by atoms with Gasteiger partial charge in [-0.05, 0) is 0 Å². The summed E-state index contributed by atoms with van der Waals surface area (Å²) in [6.45, 7) is 0. The van der Waals surface area contributed by atoms with Crippen LogP contribution in [0, 0.1) is 0 Å². The van der Waals surface area contributed by atoms with Crippen molar-refractivity contribution < 1.29 is 35.1 Å². The van der Waals surface area contributed by atoms with Gasteiger partial charge in [-0.3, -0.25) is 0 Å². The molecule has 7 heteroatoms. The summed E-state index contributed by atoms with van der Waals surface area (Å²) in [5, 5.41) is 44.4. The van der Waals surface area contributed by atoms with Crippen LogP contribution in [0.3, 0.4) is 0 Å². The molecule has 1 aliphatic heterocycles. The molecule has 0 bridgehead atoms. The summed E-state index contributed by atoms with van der Waals surface area (Å²) in [5.74, 6) is -1.52. The van der Waals surface area contributed by atoms with Gasteiger partial charge >= 0.3 is 5.97 Å². The summed E-state index contributed by atoms with van der Waals surface area (Å²) in [6.07, 6.45) is -8.72. The van der Waals surface area contributed by atoms with Gasteiger partial charge in [0.1, 0.15) is 18.3 Å². The van der Waals surface area contributed by atoms with Gasteiger partial charge in [0, 0.05) is 0 Å². The van der Waals surface area contributed by atoms with Gasteiger partial charge in [-0.2, -0.15) is 0 Å². The highest BCUT2D eigenvalue weighted by molar-refractivity contribution is 5.73. The molecule has 0 radical (unpaired) electrons. The van der Waals surface area contributed by atoms with Crippen molar-refractivity contribution in [2.24, 2.45) is 0 Å². The fourth-order valence-corrected chi connectivity index (χ4v) is 1.07. The normalized spacial score (nSPS) is 46.0. The van der Waals surface area contributed by atoms with Crippen LogP contribution in [0.1, 0.15) is 0 Å². The van der Waals surface area contributed by atoms with Crippen LogP contribution in [0.2, 0.25) is 0 Å². The third-order valence-corrected chi connectivity index (χ3v) is 1.83. The summed E-state index contributed by atoms with van der Waals surface area (Å²) in [6, 6.07) is 0. The van der Waals surface area contributed by atoms with Crippen LogP contribution in [0.4, 0.5) is 0 Å². The number of aliphatic hydroxyl groups is 4. The van der Waals surface area contributed by atoms with Crippen molar-refractivity contribution in [1.29, 1.82) is 0 Å². The first-order valence-electron chi connectivity index (χ1n) is 3.55. The van der Waals surface area contributed by atoms with Crippen LogP contribution < -0.4 is 0 Å². The Kier molecular flexibility index (Phi) is 2.84. The van der Waals surface area contributed by atoms with Crippen LogP contribution in [0.5, 0.6) is 0 Å². The minimum atomic E-state index is -1.81. The molecule has 5 atom stereocenters. The van der Waals surface area contributed by atoms with Gasteiger partial charge in [0.05, 0.1) is 0 Å². The lowest BCUT2D eigenvalue weighted by Crippen LogP contribution is -2.59. The number of hydrogen-bond acceptors (Lipinski definition) is 6. The Morgan fingerprint density at radius 2 is 1.54 bits per heavy atom. The Labute approximate surface area is 72.8 Å². The summed E-state index contributed by atoms with van der Waals surface area (Å²) < 4.78 is 4.34. The first kappa shape index (κ1) is 10.4. The molecule has 0 aromatic rings. The number of carboxylic acids is 1. The van der Waals surface area contributed by atoms with Crippen molar-refractivity contribution in [2.75, 3.05) is 0 Å². The zero-order valence-electron chi connectivity index (χ0n) is 6.44. The Hall–Kier alpha value is -0.730. The highest BCUT2D eigenvalue weighted by Gasteiger charge is 2.46. The molecule has 7 nitrogen and oxygen atoms in total. The van der Waals surface area contributed by atoms with Gasteiger partial charge in [0.2, 0.25) is 0 Å². The van der Waals surface area contributed by atoms with E-state index in [4.69, 9.17) is 25.5 Å². The van der Waals surface area contributed by atoms with Crippen LogP contribution in [-0.2, 0) is 9.53 Å². The van der Waals surface area contributed by atoms with E-state index in [1.807, 2.05) is 0 Å². The number of carboxylic acid groups (broad SMARTS) is 1. The third kappa shape index (κ3) is 1.79. The molecular formula is C6H10O7. The predicted molar refractivity (Wildman–Crippen MR) is 36.5 cm³/mol. The largest absolute Gasteiger partial charge is 0.479 e. The molecule has 2 unspecified atom stereocenters. The van der Waals surface area contributed by atoms with Gasteiger partial charge in [-0.1, -0.05) is 0 Å². The number of aliphatic carboxylic acids is 1. The highest BCUT2D eigenvalue weighted by atomic mass is 16.6. The van der Waals surface area contributed by atoms with Gasteiger partial charge in [0.25, 0.3) is 0 Å². The smallest absolute Gasteiger partial charge is 0.335 e. The summed E-state index contributed by atoms with van der Waals surface area (Å²) in [5.41, 5.74) is 0. The van der Waals surface area contributed by atoms with Crippen LogP contribution in [0.15, 0.2) is 0 Å². The molecule has 5 N–H and O–H groups in total. The quantitative estimate of drug-likeness (QED) is 0.298. The number of ether oxygens (including phenoxy) is 1. The number of hydrogen-bond donors (Lipinski definition) is 5. The molecule has 0 aromatic carbocycles. The molecule has 1 heterocycles. The SMILES string of the molecule is O=C(O)[C@H]1OC(O)[C@H](O)[C@@H](O)C1O. The molecule has 0 amide bonds. The molecule has 0 saturated carbocycles. The summed E-state index contributed by atoms with van der Waals surface area (Å²) in [7, 11) is 0. The standard InChI is InChI=1S/C6H10O7/c7-1-2(8)4(5(10)11)13-6(12)3(1)9/h1-4,6-9,12H,(H,10,11)/t1-,2?,3+,4-,6?/m0/s1. The first-order valence-corrected chi connectivity index (χ1v) is 3.55. The van der Waals surface area contributed by atoms with E-state index >= 15 is 0 Å². The molecule has 0 aliphatic carbocycles. The zero-order valence-corrected chi connectivity index (χ0v) is 6.44. The van der Waals surface area contributed by atoms with Crippen molar-refractivity contribution in [1.82, 2.24) is 0 Å². The Balaban J connectivity index is 2.76. The molecule has 1 saturated heterocycles. The lowest BCUT2D eigenvalue weighted by molar-refractivity contribution is -0.279. The average molecular weight is 194 g/mol. The fourth-order valence-electron chi connectivity index (χ4n) is 1.07. The molecule has 76 valence electrons. The van der Waals surface area contributed by atoms with Crippen LogP contribution in [0.25, 0.3) is 0 Å². The molecule has 0 aromatic heterocycles. The topological polar surface area (TPSA) is 127 Å². The van der Waals surface area contributed by atoms with E-state index < -0.39 is 36.7 Å². The predicted octanol–water partition coefficient (Wildman–Crippen LogP) is -3.13. The van der Waals surface area contributed by atoms with Crippen LogP contribution >= 0.6 is 0 Å². The van der Waals surface area contributed by atoms with Crippen molar-refractivity contribution in [3.63, 3.8) is 0 Å². The van der Waals surface area contributed by atoms with E-state index in [0.29, 0.717) is 0 Å². The Morgan fingerprint density at radius 3 is 2.00 bits per heavy atom. The van der Waals surface area contributed by atoms with Gasteiger partial charge in [-0.15, -0.1) is 0 Å². The second kappa shape index (κ2) is 3.56. The zero-order chi connectivity index (χ0) is 10.2. The molecular weight excluding hydrogens is 184 g/mol.